The molecule has 2 aliphatic heterocycles. The van der Waals surface area contributed by atoms with Crippen LogP contribution < -0.4 is 16.2 Å². The summed E-state index contributed by atoms with van der Waals surface area (Å²) in [5.74, 6) is 5.64. The number of nitrogens with zero attached hydrogens (tertiary/aromatic N) is 6. The van der Waals surface area contributed by atoms with Crippen LogP contribution in [0.1, 0.15) is 56.1 Å². The summed E-state index contributed by atoms with van der Waals surface area (Å²) >= 11 is 0. The number of fused-ring (bicyclic) bond motifs is 1. The van der Waals surface area contributed by atoms with E-state index in [0.717, 1.165) is 43.2 Å². The van der Waals surface area contributed by atoms with Gasteiger partial charge in [0, 0.05) is 44.0 Å². The molecule has 2 aliphatic rings. The van der Waals surface area contributed by atoms with Crippen molar-refractivity contribution in [3.05, 3.63) is 40.3 Å². The number of hydrogen-bond acceptors (Lipinski definition) is 13. The number of aryl methyl sites for hydroxylation is 1. The lowest BCUT2D eigenvalue weighted by Gasteiger charge is -2.27. The van der Waals surface area contributed by atoms with Gasteiger partial charge in [-0.3, -0.25) is 23.5 Å². The molecule has 5 heterocycles. The maximum absolute atomic E-state index is 12.9. The van der Waals surface area contributed by atoms with Crippen molar-refractivity contribution < 1.29 is 33.4 Å². The van der Waals surface area contributed by atoms with Gasteiger partial charge in [-0.15, -0.1) is 0 Å². The topological polar surface area (TPSA) is 206 Å². The SMILES string of the molecule is Cc1nccn1P(=O)([O-])OC[C@H]1O[C@@H](n2cc(C#CCCC(=O)OCCCC3CN(C)CCCN3C)c3c(=O)[nH]c(N)nc32)CC1O. The predicted molar refractivity (Wildman–Crippen MR) is 170 cm³/mol. The molecule has 0 spiro atoms. The van der Waals surface area contributed by atoms with Crippen LogP contribution in [0.5, 0.6) is 0 Å². The molecule has 5 rings (SSSR count). The third kappa shape index (κ3) is 8.49. The zero-order valence-corrected chi connectivity index (χ0v) is 27.7. The molecular formula is C30H42N8O8P-. The highest BCUT2D eigenvalue weighted by molar-refractivity contribution is 7.49. The Balaban J connectivity index is 1.18. The zero-order chi connectivity index (χ0) is 33.7. The second-order valence-corrected chi connectivity index (χ2v) is 13.7. The Bertz CT molecular complexity index is 1730. The minimum Gasteiger partial charge on any atom is -0.761 e. The van der Waals surface area contributed by atoms with E-state index >= 15 is 0 Å². The minimum atomic E-state index is -4.52. The van der Waals surface area contributed by atoms with Crippen LogP contribution >= 0.6 is 7.75 Å². The Labute approximate surface area is 272 Å². The predicted octanol–water partition coefficient (Wildman–Crippen LogP) is 0.584. The third-order valence-corrected chi connectivity index (χ3v) is 9.93. The number of aromatic nitrogens is 5. The second-order valence-electron chi connectivity index (χ2n) is 12.0. The van der Waals surface area contributed by atoms with Gasteiger partial charge in [-0.2, -0.15) is 4.98 Å². The lowest BCUT2D eigenvalue weighted by Crippen LogP contribution is -2.37. The number of hydrogen-bond donors (Lipinski definition) is 3. The molecule has 2 saturated heterocycles. The van der Waals surface area contributed by atoms with E-state index in [-0.39, 0.29) is 48.0 Å². The molecule has 2 fully saturated rings. The van der Waals surface area contributed by atoms with Crippen molar-refractivity contribution in [3.63, 3.8) is 0 Å². The van der Waals surface area contributed by atoms with Gasteiger partial charge in [-0.1, -0.05) is 11.8 Å². The molecule has 0 aromatic carbocycles. The average molecular weight is 674 g/mol. The quantitative estimate of drug-likeness (QED) is 0.110. The van der Waals surface area contributed by atoms with Gasteiger partial charge in [0.15, 0.2) is 5.65 Å². The van der Waals surface area contributed by atoms with Crippen molar-refractivity contribution in [3.8, 4) is 11.8 Å². The van der Waals surface area contributed by atoms with E-state index in [1.807, 2.05) is 0 Å². The number of anilines is 1. The molecule has 3 aromatic rings. The van der Waals surface area contributed by atoms with Crippen LogP contribution in [-0.4, -0.2) is 110 Å². The third-order valence-electron chi connectivity index (χ3n) is 8.50. The standard InChI is InChI=1S/C30H43N8O8P/c1-20-32-11-14-38(20)47(42,43)45-19-24-23(39)16-25(46-24)37-17-21(27-28(37)33-30(31)34-29(27)41)8-4-5-10-26(40)44-15-6-9-22-18-35(2)12-7-13-36(22)3/h11,14,17,22-25,39H,5-7,9-10,12-13,15-16,18-19H2,1-3H3,(H,42,43)(H3,31,33,34,41)/p-1/t22?,23?,24-,25-/m1/s1. The molecule has 3 aromatic heterocycles. The summed E-state index contributed by atoms with van der Waals surface area (Å²) in [6.45, 7) is 4.58. The second kappa shape index (κ2) is 15.1. The Morgan fingerprint density at radius 2 is 2.15 bits per heavy atom. The van der Waals surface area contributed by atoms with E-state index in [1.54, 1.807) is 6.20 Å². The van der Waals surface area contributed by atoms with Gasteiger partial charge in [0.2, 0.25) is 13.7 Å². The van der Waals surface area contributed by atoms with Crippen molar-refractivity contribution in [2.75, 3.05) is 52.7 Å². The lowest BCUT2D eigenvalue weighted by molar-refractivity contribution is -0.205. The van der Waals surface area contributed by atoms with Crippen LogP contribution in [-0.2, 0) is 23.4 Å². The van der Waals surface area contributed by atoms with Crippen LogP contribution in [0.4, 0.5) is 5.95 Å². The smallest absolute Gasteiger partial charge is 0.306 e. The summed E-state index contributed by atoms with van der Waals surface area (Å²) in [5, 5.41) is 10.8. The summed E-state index contributed by atoms with van der Waals surface area (Å²) in [6, 6.07) is 0.438. The number of carbonyl (C=O) groups excluding carboxylic acids is 1. The summed E-state index contributed by atoms with van der Waals surface area (Å²) in [7, 11) is -0.245. The number of likely N-dealkylation sites (N-methyl/N-ethyl adjacent to an activating group) is 2. The van der Waals surface area contributed by atoms with Crippen LogP contribution in [0.15, 0.2) is 23.4 Å². The van der Waals surface area contributed by atoms with Gasteiger partial charge in [0.25, 0.3) is 5.56 Å². The minimum absolute atomic E-state index is 0.0614. The molecule has 3 unspecified atom stereocenters. The van der Waals surface area contributed by atoms with E-state index in [9.17, 15) is 24.2 Å². The van der Waals surface area contributed by atoms with Gasteiger partial charge in [-0.05, 0) is 53.4 Å². The highest BCUT2D eigenvalue weighted by Crippen LogP contribution is 2.41. The number of aromatic amines is 1. The van der Waals surface area contributed by atoms with E-state index in [4.69, 9.17) is 19.7 Å². The van der Waals surface area contributed by atoms with Crippen molar-refractivity contribution >= 4 is 30.7 Å². The fourth-order valence-corrected chi connectivity index (χ4v) is 7.05. The maximum Gasteiger partial charge on any atom is 0.306 e. The fraction of sp³-hybridized carbons (Fsp3) is 0.600. The van der Waals surface area contributed by atoms with E-state index in [1.165, 1.54) is 23.9 Å². The number of carbonyl (C=O) groups is 1. The number of H-pyrrole nitrogens is 1. The maximum atomic E-state index is 12.9. The van der Waals surface area contributed by atoms with Gasteiger partial charge >= 0.3 is 5.97 Å². The van der Waals surface area contributed by atoms with Crippen LogP contribution in [0.3, 0.4) is 0 Å². The first-order valence-corrected chi connectivity index (χ1v) is 17.2. The van der Waals surface area contributed by atoms with Crippen LogP contribution in [0.2, 0.25) is 0 Å². The molecule has 0 radical (unpaired) electrons. The molecule has 0 amide bonds. The van der Waals surface area contributed by atoms with Crippen molar-refractivity contribution in [2.45, 2.75) is 69.9 Å². The molecule has 16 nitrogen and oxygen atoms in total. The first-order chi connectivity index (χ1) is 22.4. The summed E-state index contributed by atoms with van der Waals surface area (Å²) in [5.41, 5.74) is 5.82. The molecule has 17 heteroatoms. The lowest BCUT2D eigenvalue weighted by atomic mass is 10.1. The number of ether oxygens (including phenoxy) is 2. The summed E-state index contributed by atoms with van der Waals surface area (Å²) < 4.78 is 31.6. The van der Waals surface area contributed by atoms with E-state index in [0.29, 0.717) is 18.2 Å². The van der Waals surface area contributed by atoms with E-state index in [2.05, 4.69) is 50.7 Å². The number of aliphatic hydroxyl groups excluding tert-OH is 1. The Kier molecular flexibility index (Phi) is 11.2. The van der Waals surface area contributed by atoms with Crippen molar-refractivity contribution in [2.24, 2.45) is 0 Å². The van der Waals surface area contributed by atoms with Gasteiger partial charge in [0.1, 0.15) is 18.2 Å². The number of aliphatic hydroxyl groups is 1. The first kappa shape index (κ1) is 34.8. The van der Waals surface area contributed by atoms with Crippen LogP contribution in [0.25, 0.3) is 11.0 Å². The largest absolute Gasteiger partial charge is 0.761 e. The number of rotatable bonds is 11. The van der Waals surface area contributed by atoms with Gasteiger partial charge in [-0.25, -0.2) is 4.98 Å². The normalized spacial score (nSPS) is 23.7. The summed E-state index contributed by atoms with van der Waals surface area (Å²) in [6.07, 6.45) is 4.53. The van der Waals surface area contributed by atoms with Crippen LogP contribution in [0, 0.1) is 18.8 Å². The highest BCUT2D eigenvalue weighted by Gasteiger charge is 2.37. The Hall–Kier alpha value is -3.55. The average Bonchev–Trinajstić information content (AvgIpc) is 3.69. The van der Waals surface area contributed by atoms with Crippen molar-refractivity contribution in [1.82, 2.24) is 33.7 Å². The zero-order valence-electron chi connectivity index (χ0n) is 26.8. The van der Waals surface area contributed by atoms with Crippen molar-refractivity contribution in [1.29, 1.82) is 0 Å². The Morgan fingerprint density at radius 3 is 2.91 bits per heavy atom. The molecule has 0 bridgehead atoms. The molecule has 47 heavy (non-hydrogen) atoms. The number of esters is 1. The molecular weight excluding hydrogens is 631 g/mol. The molecule has 5 atom stereocenters. The highest BCUT2D eigenvalue weighted by atomic mass is 31.2. The number of imidazole rings is 1. The molecule has 4 N–H and O–H groups in total. The number of nitrogen functional groups attached to an aromatic ring is 1. The molecule has 256 valence electrons. The first-order valence-electron chi connectivity index (χ1n) is 15.7. The number of nitrogens with two attached hydrogens (primary N) is 1. The molecule has 0 saturated carbocycles. The van der Waals surface area contributed by atoms with Gasteiger partial charge in [0.05, 0.1) is 36.7 Å². The molecule has 0 aliphatic carbocycles. The van der Waals surface area contributed by atoms with E-state index < -0.39 is 38.3 Å². The monoisotopic (exact) mass is 673 g/mol. The van der Waals surface area contributed by atoms with Gasteiger partial charge < -0.3 is 44.1 Å². The fourth-order valence-electron chi connectivity index (χ4n) is 5.96. The Morgan fingerprint density at radius 1 is 1.34 bits per heavy atom. The number of nitrogens with one attached hydrogen (secondary N) is 1. The summed E-state index contributed by atoms with van der Waals surface area (Å²) in [4.78, 5) is 53.1.